The lowest BCUT2D eigenvalue weighted by molar-refractivity contribution is -0.120. The summed E-state index contributed by atoms with van der Waals surface area (Å²) in [5, 5.41) is 19.4. The van der Waals surface area contributed by atoms with Gasteiger partial charge in [-0.25, -0.2) is 0 Å². The molecule has 1 aliphatic rings. The van der Waals surface area contributed by atoms with E-state index in [1.165, 1.54) is 12.1 Å². The number of hydrogen-bond acceptors (Lipinski definition) is 5. The Morgan fingerprint density at radius 3 is 2.50 bits per heavy atom. The number of carbonyl (C=O) groups excluding carboxylic acids is 2. The van der Waals surface area contributed by atoms with Crippen LogP contribution in [0.1, 0.15) is 10.4 Å². The first-order valence-electron chi connectivity index (χ1n) is 9.30. The van der Waals surface area contributed by atoms with Crippen molar-refractivity contribution in [3.63, 3.8) is 0 Å². The summed E-state index contributed by atoms with van der Waals surface area (Å²) in [5.41, 5.74) is 1.27. The highest BCUT2D eigenvalue weighted by Gasteiger charge is 2.27. The van der Waals surface area contributed by atoms with Gasteiger partial charge in [0.1, 0.15) is 12.3 Å². The molecule has 0 saturated carbocycles. The predicted molar refractivity (Wildman–Crippen MR) is 124 cm³/mol. The quantitative estimate of drug-likeness (QED) is 0.225. The molecule has 0 radical (unpaired) electrons. The zero-order valence-corrected chi connectivity index (χ0v) is 19.2. The number of nitrogens with one attached hydrogen (secondary N) is 2. The molecule has 0 aliphatic carbocycles. The van der Waals surface area contributed by atoms with Gasteiger partial charge in [-0.2, -0.15) is 5.10 Å². The Bertz CT molecular complexity index is 898. The molecule has 2 aromatic rings. The number of guanidine groups is 1. The minimum atomic E-state index is -0.220. The fraction of sp³-hybridized carbons (Fsp3) is 0.368. The number of amides is 2. The summed E-state index contributed by atoms with van der Waals surface area (Å²) in [4.78, 5) is 32.4. The average molecular weight is 527 g/mol. The molecule has 162 valence electrons. The van der Waals surface area contributed by atoms with Crippen LogP contribution in [-0.2, 0) is 11.8 Å². The van der Waals surface area contributed by atoms with Crippen LogP contribution in [-0.4, -0.2) is 77.3 Å². The number of benzene rings is 1. The Morgan fingerprint density at radius 2 is 1.90 bits per heavy atom. The van der Waals surface area contributed by atoms with Crippen molar-refractivity contribution in [2.45, 2.75) is 0 Å². The third-order valence-electron chi connectivity index (χ3n) is 4.56. The molecule has 0 bridgehead atoms. The third-order valence-corrected chi connectivity index (χ3v) is 4.56. The predicted octanol–water partition coefficient (Wildman–Crippen LogP) is 0.398. The van der Waals surface area contributed by atoms with Gasteiger partial charge in [-0.05, 0) is 24.3 Å². The van der Waals surface area contributed by atoms with Gasteiger partial charge in [-0.3, -0.25) is 19.3 Å². The van der Waals surface area contributed by atoms with E-state index in [0.29, 0.717) is 37.7 Å². The number of aromatic nitrogens is 2. The molecule has 3 N–H and O–H groups in total. The van der Waals surface area contributed by atoms with Crippen LogP contribution in [0, 0.1) is 0 Å². The van der Waals surface area contributed by atoms with Crippen LogP contribution in [0.4, 0.5) is 5.69 Å². The number of carbonyl (C=O) groups is 2. The van der Waals surface area contributed by atoms with Gasteiger partial charge in [-0.15, -0.1) is 24.0 Å². The molecule has 1 aliphatic heterocycles. The van der Waals surface area contributed by atoms with E-state index in [0.717, 1.165) is 5.69 Å². The summed E-state index contributed by atoms with van der Waals surface area (Å²) in [6.45, 7) is 2.26. The van der Waals surface area contributed by atoms with Gasteiger partial charge in [0.25, 0.3) is 5.91 Å². The molecule has 2 amide bonds. The number of phenolic OH excluding ortho intramolecular Hbond substituents is 1. The van der Waals surface area contributed by atoms with E-state index in [1.807, 2.05) is 18.1 Å². The minimum absolute atomic E-state index is 0. The summed E-state index contributed by atoms with van der Waals surface area (Å²) in [6.07, 6.45) is 3.49. The van der Waals surface area contributed by atoms with E-state index in [9.17, 15) is 14.7 Å². The maximum Gasteiger partial charge on any atom is 0.251 e. The number of aryl methyl sites for hydroxylation is 1. The zero-order chi connectivity index (χ0) is 20.8. The number of aromatic hydroxyl groups is 1. The molecule has 3 rings (SSSR count). The minimum Gasteiger partial charge on any atom is -0.508 e. The van der Waals surface area contributed by atoms with Crippen molar-refractivity contribution in [3.05, 3.63) is 42.2 Å². The van der Waals surface area contributed by atoms with Crippen LogP contribution in [0.5, 0.6) is 5.75 Å². The van der Waals surface area contributed by atoms with Crippen molar-refractivity contribution in [2.75, 3.05) is 44.7 Å². The second kappa shape index (κ2) is 10.8. The average Bonchev–Trinajstić information content (AvgIpc) is 3.14. The number of anilines is 1. The van der Waals surface area contributed by atoms with Crippen molar-refractivity contribution in [1.82, 2.24) is 25.3 Å². The molecule has 2 heterocycles. The number of halogens is 1. The van der Waals surface area contributed by atoms with Crippen molar-refractivity contribution < 1.29 is 14.7 Å². The zero-order valence-electron chi connectivity index (χ0n) is 16.9. The van der Waals surface area contributed by atoms with Gasteiger partial charge >= 0.3 is 0 Å². The molecule has 0 spiro atoms. The highest BCUT2D eigenvalue weighted by molar-refractivity contribution is 14.0. The molecule has 1 fully saturated rings. The lowest BCUT2D eigenvalue weighted by Crippen LogP contribution is -2.55. The Labute approximate surface area is 192 Å². The topological polar surface area (TPSA) is 115 Å². The Balaban J connectivity index is 0.00000320. The lowest BCUT2D eigenvalue weighted by atomic mass is 10.2. The second-order valence-electron chi connectivity index (χ2n) is 6.62. The SMILES string of the molecule is CN=C(NCCNC(=O)c1ccc(O)cc1)N1CCN(c2cnn(C)c2)C(=O)C1.I. The summed E-state index contributed by atoms with van der Waals surface area (Å²) >= 11 is 0. The van der Waals surface area contributed by atoms with E-state index < -0.39 is 0 Å². The second-order valence-corrected chi connectivity index (χ2v) is 6.62. The van der Waals surface area contributed by atoms with Gasteiger partial charge in [0, 0.05) is 52.0 Å². The molecule has 1 aromatic carbocycles. The normalized spacial score (nSPS) is 14.3. The van der Waals surface area contributed by atoms with Gasteiger partial charge in [-0.1, -0.05) is 0 Å². The molecular weight excluding hydrogens is 501 g/mol. The summed E-state index contributed by atoms with van der Waals surface area (Å²) < 4.78 is 1.67. The number of phenols is 1. The first-order chi connectivity index (χ1) is 14.0. The smallest absolute Gasteiger partial charge is 0.251 e. The van der Waals surface area contributed by atoms with Crippen molar-refractivity contribution in [1.29, 1.82) is 0 Å². The molecular formula is C19H26IN7O3. The Kier molecular flexibility index (Phi) is 8.45. The van der Waals surface area contributed by atoms with E-state index in [-0.39, 0.29) is 48.1 Å². The monoisotopic (exact) mass is 527 g/mol. The maximum absolute atomic E-state index is 12.5. The Morgan fingerprint density at radius 1 is 1.20 bits per heavy atom. The Hall–Kier alpha value is -2.83. The standard InChI is InChI=1S/C19H25N7O3.HI/c1-20-19(22-8-7-21-18(29)14-3-5-16(27)6-4-14)25-9-10-26(17(28)13-25)15-11-23-24(2)12-15;/h3-6,11-12,27H,7-10,13H2,1-2H3,(H,20,22)(H,21,29);1H. The number of hydrogen-bond donors (Lipinski definition) is 3. The van der Waals surface area contributed by atoms with Gasteiger partial charge in [0.2, 0.25) is 5.91 Å². The highest BCUT2D eigenvalue weighted by atomic mass is 127. The molecule has 10 nitrogen and oxygen atoms in total. The molecule has 0 atom stereocenters. The molecule has 0 unspecified atom stereocenters. The summed E-state index contributed by atoms with van der Waals surface area (Å²) in [6, 6.07) is 6.06. The van der Waals surface area contributed by atoms with Crippen molar-refractivity contribution >= 4 is 47.4 Å². The van der Waals surface area contributed by atoms with Crippen molar-refractivity contribution in [3.8, 4) is 5.75 Å². The van der Waals surface area contributed by atoms with E-state index >= 15 is 0 Å². The van der Waals surface area contributed by atoms with Gasteiger partial charge < -0.3 is 25.5 Å². The summed E-state index contributed by atoms with van der Waals surface area (Å²) in [7, 11) is 3.48. The molecule has 30 heavy (non-hydrogen) atoms. The first kappa shape index (κ1) is 23.4. The molecule has 11 heteroatoms. The van der Waals surface area contributed by atoms with E-state index in [4.69, 9.17) is 0 Å². The maximum atomic E-state index is 12.5. The largest absolute Gasteiger partial charge is 0.508 e. The number of aliphatic imine (C=N–C) groups is 1. The van der Waals surface area contributed by atoms with Crippen LogP contribution >= 0.6 is 24.0 Å². The number of rotatable bonds is 5. The van der Waals surface area contributed by atoms with Gasteiger partial charge in [0.05, 0.1) is 11.9 Å². The van der Waals surface area contributed by atoms with Crippen LogP contribution in [0.25, 0.3) is 0 Å². The van der Waals surface area contributed by atoms with Crippen LogP contribution in [0.2, 0.25) is 0 Å². The lowest BCUT2D eigenvalue weighted by Gasteiger charge is -2.35. The van der Waals surface area contributed by atoms with Crippen molar-refractivity contribution in [2.24, 2.45) is 12.0 Å². The third kappa shape index (κ3) is 5.84. The van der Waals surface area contributed by atoms with E-state index in [2.05, 4.69) is 20.7 Å². The van der Waals surface area contributed by atoms with Crippen LogP contribution in [0.15, 0.2) is 41.7 Å². The highest BCUT2D eigenvalue weighted by Crippen LogP contribution is 2.16. The molecule has 1 aromatic heterocycles. The fourth-order valence-corrected chi connectivity index (χ4v) is 3.07. The van der Waals surface area contributed by atoms with Crippen LogP contribution < -0.4 is 15.5 Å². The first-order valence-corrected chi connectivity index (χ1v) is 9.30. The number of piperazine rings is 1. The number of nitrogens with zero attached hydrogens (tertiary/aromatic N) is 5. The summed E-state index contributed by atoms with van der Waals surface area (Å²) in [5.74, 6) is 0.489. The van der Waals surface area contributed by atoms with Crippen LogP contribution in [0.3, 0.4) is 0 Å². The fourth-order valence-electron chi connectivity index (χ4n) is 3.07. The molecule has 1 saturated heterocycles. The van der Waals surface area contributed by atoms with Gasteiger partial charge in [0.15, 0.2) is 5.96 Å². The van der Waals surface area contributed by atoms with E-state index in [1.54, 1.807) is 35.0 Å².